The first-order chi connectivity index (χ1) is 15.0. The Labute approximate surface area is 179 Å². The maximum absolute atomic E-state index is 12.8. The number of nitrogens with zero attached hydrogens (tertiary/aromatic N) is 2. The minimum atomic E-state index is -0.620. The van der Waals surface area contributed by atoms with Gasteiger partial charge in [0, 0.05) is 29.7 Å². The average Bonchev–Trinajstić information content (AvgIpc) is 3.22. The van der Waals surface area contributed by atoms with Gasteiger partial charge in [-0.3, -0.25) is 14.9 Å². The Morgan fingerprint density at radius 2 is 1.71 bits per heavy atom. The Balaban J connectivity index is 1.56. The number of rotatable bonds is 6. The van der Waals surface area contributed by atoms with Crippen LogP contribution >= 0.6 is 0 Å². The first-order valence-electron chi connectivity index (χ1n) is 9.69. The largest absolute Gasteiger partial charge is 0.493 e. The van der Waals surface area contributed by atoms with Gasteiger partial charge >= 0.3 is 0 Å². The fourth-order valence-electron chi connectivity index (χ4n) is 3.73. The number of hydrogen-bond acceptors (Lipinski definition) is 6. The number of carbonyl (C=O) groups excluding carboxylic acids is 1. The third-order valence-corrected chi connectivity index (χ3v) is 5.27. The molecule has 0 saturated heterocycles. The number of benzene rings is 3. The van der Waals surface area contributed by atoms with E-state index in [1.54, 1.807) is 12.1 Å². The highest BCUT2D eigenvalue weighted by atomic mass is 16.6. The summed E-state index contributed by atoms with van der Waals surface area (Å²) in [5.74, 6) is -0.186. The van der Waals surface area contributed by atoms with Crippen LogP contribution in [0.4, 0.5) is 22.7 Å². The minimum Gasteiger partial charge on any atom is -0.493 e. The van der Waals surface area contributed by atoms with E-state index >= 15 is 0 Å². The maximum Gasteiger partial charge on any atom is 0.286 e. The van der Waals surface area contributed by atoms with Crippen molar-refractivity contribution in [3.8, 4) is 11.5 Å². The van der Waals surface area contributed by atoms with E-state index in [0.717, 1.165) is 18.7 Å². The van der Waals surface area contributed by atoms with Crippen LogP contribution in [0.1, 0.15) is 15.9 Å². The van der Waals surface area contributed by atoms with E-state index in [2.05, 4.69) is 22.3 Å². The molecule has 0 fully saturated rings. The third-order valence-electron chi connectivity index (χ3n) is 5.27. The SMILES string of the molecule is COc1cc(C(=O)Nc2ccc(N3CCc4ccccc43)cc2)c([N+](=O)[O-])cc1OC. The zero-order valence-electron chi connectivity index (χ0n) is 17.1. The molecule has 1 heterocycles. The second-order valence-corrected chi connectivity index (χ2v) is 7.01. The number of anilines is 3. The van der Waals surface area contributed by atoms with E-state index < -0.39 is 10.8 Å². The van der Waals surface area contributed by atoms with Crippen molar-refractivity contribution < 1.29 is 19.2 Å². The lowest BCUT2D eigenvalue weighted by molar-refractivity contribution is -0.385. The molecule has 8 heteroatoms. The molecule has 1 amide bonds. The van der Waals surface area contributed by atoms with Gasteiger partial charge in [0.25, 0.3) is 11.6 Å². The maximum atomic E-state index is 12.8. The van der Waals surface area contributed by atoms with Crippen molar-refractivity contribution in [2.75, 3.05) is 31.0 Å². The van der Waals surface area contributed by atoms with Crippen LogP contribution in [0.5, 0.6) is 11.5 Å². The number of para-hydroxylation sites is 1. The molecule has 0 aromatic heterocycles. The standard InChI is InChI=1S/C23H21N3O5/c1-30-21-13-18(20(26(28)29)14-22(21)31-2)23(27)24-16-7-9-17(10-8-16)25-12-11-15-5-3-4-6-19(15)25/h3-10,13-14H,11-12H2,1-2H3,(H,24,27). The Morgan fingerprint density at radius 3 is 2.39 bits per heavy atom. The Bertz CT molecular complexity index is 1140. The van der Waals surface area contributed by atoms with Gasteiger partial charge in [-0.2, -0.15) is 0 Å². The predicted molar refractivity (Wildman–Crippen MR) is 118 cm³/mol. The highest BCUT2D eigenvalue weighted by molar-refractivity contribution is 6.07. The summed E-state index contributed by atoms with van der Waals surface area (Å²) in [5.41, 5.74) is 3.56. The number of amides is 1. The van der Waals surface area contributed by atoms with Crippen LogP contribution in [-0.4, -0.2) is 31.6 Å². The van der Waals surface area contributed by atoms with E-state index in [9.17, 15) is 14.9 Å². The van der Waals surface area contributed by atoms with Crippen molar-refractivity contribution in [1.82, 2.24) is 0 Å². The molecule has 8 nitrogen and oxygen atoms in total. The molecule has 0 aliphatic carbocycles. The molecule has 0 bridgehead atoms. The van der Waals surface area contributed by atoms with Gasteiger partial charge in [0.05, 0.1) is 25.2 Å². The molecule has 0 saturated carbocycles. The summed E-state index contributed by atoms with van der Waals surface area (Å²) >= 11 is 0. The van der Waals surface area contributed by atoms with Crippen LogP contribution in [0.25, 0.3) is 0 Å². The number of nitrogens with one attached hydrogen (secondary N) is 1. The molecule has 3 aromatic carbocycles. The van der Waals surface area contributed by atoms with Gasteiger partial charge in [0.2, 0.25) is 0 Å². The summed E-state index contributed by atoms with van der Waals surface area (Å²) in [7, 11) is 2.78. The molecular formula is C23H21N3O5. The Morgan fingerprint density at radius 1 is 1.03 bits per heavy atom. The van der Waals surface area contributed by atoms with Crippen molar-refractivity contribution in [2.24, 2.45) is 0 Å². The first-order valence-corrected chi connectivity index (χ1v) is 9.69. The van der Waals surface area contributed by atoms with Crippen LogP contribution in [0.2, 0.25) is 0 Å². The number of hydrogen-bond donors (Lipinski definition) is 1. The molecule has 1 aliphatic heterocycles. The molecule has 1 aliphatic rings. The Kier molecular flexibility index (Phi) is 5.44. The second kappa shape index (κ2) is 8.35. The smallest absolute Gasteiger partial charge is 0.286 e. The van der Waals surface area contributed by atoms with Gasteiger partial charge < -0.3 is 19.7 Å². The lowest BCUT2D eigenvalue weighted by Crippen LogP contribution is -2.15. The van der Waals surface area contributed by atoms with Crippen molar-refractivity contribution >= 4 is 28.7 Å². The lowest BCUT2D eigenvalue weighted by atomic mass is 10.1. The van der Waals surface area contributed by atoms with Crippen LogP contribution in [-0.2, 0) is 6.42 Å². The predicted octanol–water partition coefficient (Wildman–Crippen LogP) is 4.56. The van der Waals surface area contributed by atoms with Gasteiger partial charge in [0.1, 0.15) is 5.56 Å². The molecule has 158 valence electrons. The van der Waals surface area contributed by atoms with Crippen LogP contribution < -0.4 is 19.7 Å². The zero-order chi connectivity index (χ0) is 22.0. The monoisotopic (exact) mass is 419 g/mol. The Hall–Kier alpha value is -4.07. The molecule has 4 rings (SSSR count). The van der Waals surface area contributed by atoms with Gasteiger partial charge in [-0.1, -0.05) is 18.2 Å². The topological polar surface area (TPSA) is 93.9 Å². The van der Waals surface area contributed by atoms with E-state index in [1.807, 2.05) is 24.3 Å². The number of fused-ring (bicyclic) bond motifs is 1. The van der Waals surface area contributed by atoms with Crippen molar-refractivity contribution in [1.29, 1.82) is 0 Å². The summed E-state index contributed by atoms with van der Waals surface area (Å²) in [6.07, 6.45) is 0.984. The summed E-state index contributed by atoms with van der Waals surface area (Å²) in [6.45, 7) is 0.892. The quantitative estimate of drug-likeness (QED) is 0.465. The number of nitro groups is 1. The lowest BCUT2D eigenvalue weighted by Gasteiger charge is -2.20. The fraction of sp³-hybridized carbons (Fsp3) is 0.174. The zero-order valence-corrected chi connectivity index (χ0v) is 17.1. The summed E-state index contributed by atoms with van der Waals surface area (Å²) in [4.78, 5) is 25.9. The molecule has 0 unspecified atom stereocenters. The number of carbonyl (C=O) groups is 1. The highest BCUT2D eigenvalue weighted by Gasteiger charge is 2.25. The van der Waals surface area contributed by atoms with Gasteiger partial charge in [-0.25, -0.2) is 0 Å². The van der Waals surface area contributed by atoms with Crippen molar-refractivity contribution in [2.45, 2.75) is 6.42 Å². The summed E-state index contributed by atoms with van der Waals surface area (Å²) in [6, 6.07) is 18.1. The fourth-order valence-corrected chi connectivity index (χ4v) is 3.73. The first kappa shape index (κ1) is 20.2. The number of nitro benzene ring substituents is 1. The number of ether oxygens (including phenoxy) is 2. The van der Waals surface area contributed by atoms with E-state index in [-0.39, 0.29) is 22.7 Å². The van der Waals surface area contributed by atoms with Gasteiger partial charge in [0.15, 0.2) is 11.5 Å². The van der Waals surface area contributed by atoms with Crippen LogP contribution in [0.3, 0.4) is 0 Å². The summed E-state index contributed by atoms with van der Waals surface area (Å²) in [5, 5.41) is 14.2. The molecule has 0 radical (unpaired) electrons. The van der Waals surface area contributed by atoms with E-state index in [1.165, 1.54) is 37.6 Å². The number of methoxy groups -OCH3 is 2. The molecule has 3 aromatic rings. The third kappa shape index (κ3) is 3.87. The molecule has 0 spiro atoms. The van der Waals surface area contributed by atoms with Crippen LogP contribution in [0, 0.1) is 10.1 Å². The second-order valence-electron chi connectivity index (χ2n) is 7.01. The van der Waals surface area contributed by atoms with Gasteiger partial charge in [-0.05, 0) is 42.3 Å². The minimum absolute atomic E-state index is 0.111. The van der Waals surface area contributed by atoms with Crippen molar-refractivity contribution in [3.63, 3.8) is 0 Å². The normalized spacial score (nSPS) is 12.3. The van der Waals surface area contributed by atoms with Gasteiger partial charge in [-0.15, -0.1) is 0 Å². The molecule has 31 heavy (non-hydrogen) atoms. The average molecular weight is 419 g/mol. The molecule has 0 atom stereocenters. The van der Waals surface area contributed by atoms with E-state index in [4.69, 9.17) is 9.47 Å². The summed E-state index contributed by atoms with van der Waals surface area (Å²) < 4.78 is 10.3. The molecular weight excluding hydrogens is 398 g/mol. The van der Waals surface area contributed by atoms with Crippen LogP contribution in [0.15, 0.2) is 60.7 Å². The molecule has 1 N–H and O–H groups in total. The van der Waals surface area contributed by atoms with Crippen molar-refractivity contribution in [3.05, 3.63) is 81.9 Å². The highest BCUT2D eigenvalue weighted by Crippen LogP contribution is 2.36. The van der Waals surface area contributed by atoms with E-state index in [0.29, 0.717) is 5.69 Å².